The average molecular weight is 358 g/mol. The molecule has 3 rings (SSSR count). The van der Waals surface area contributed by atoms with E-state index >= 15 is 0 Å². The normalized spacial score (nSPS) is 18.3. The third-order valence-electron chi connectivity index (χ3n) is 5.23. The monoisotopic (exact) mass is 358 g/mol. The third kappa shape index (κ3) is 3.81. The third-order valence-corrected chi connectivity index (χ3v) is 5.23. The van der Waals surface area contributed by atoms with Crippen LogP contribution in [0.3, 0.4) is 0 Å². The number of hydrogen-bond donors (Lipinski definition) is 2. The van der Waals surface area contributed by atoms with E-state index in [-0.39, 0.29) is 30.8 Å². The maximum Gasteiger partial charge on any atom is 0.325 e. The zero-order valence-corrected chi connectivity index (χ0v) is 15.2. The molecule has 4 amide bonds. The Hall–Kier alpha value is -2.57. The summed E-state index contributed by atoms with van der Waals surface area (Å²) in [5.41, 5.74) is 0.384. The summed E-state index contributed by atoms with van der Waals surface area (Å²) in [4.78, 5) is 39.9. The smallest absolute Gasteiger partial charge is 0.325 e. The topological polar surface area (TPSA) is 81.8 Å². The van der Waals surface area contributed by atoms with E-state index in [1.54, 1.807) is 0 Å². The zero-order valence-electron chi connectivity index (χ0n) is 15.2. The largest absolute Gasteiger partial charge is 0.373 e. The molecule has 0 radical (unpaired) electrons. The van der Waals surface area contributed by atoms with Gasteiger partial charge in [-0.15, -0.1) is 0 Å². The SMILES string of the molecule is CN(CCNC(=O)CCN1C(=O)NC2(CCCC2)C1=O)c1ccccc1. The van der Waals surface area contributed by atoms with Crippen molar-refractivity contribution in [2.24, 2.45) is 0 Å². The highest BCUT2D eigenvalue weighted by molar-refractivity contribution is 6.07. The Morgan fingerprint density at radius 3 is 2.62 bits per heavy atom. The van der Waals surface area contributed by atoms with Crippen LogP contribution in [0.25, 0.3) is 0 Å². The number of rotatable bonds is 7. The van der Waals surface area contributed by atoms with Crippen LogP contribution in [0.5, 0.6) is 0 Å². The molecule has 1 saturated heterocycles. The number of nitrogens with one attached hydrogen (secondary N) is 2. The second kappa shape index (κ2) is 7.76. The number of benzene rings is 1. The van der Waals surface area contributed by atoms with Gasteiger partial charge in [0.05, 0.1) is 0 Å². The van der Waals surface area contributed by atoms with Gasteiger partial charge in [0.2, 0.25) is 5.91 Å². The van der Waals surface area contributed by atoms with Crippen LogP contribution in [0.1, 0.15) is 32.1 Å². The molecule has 0 unspecified atom stereocenters. The van der Waals surface area contributed by atoms with Gasteiger partial charge in [-0.1, -0.05) is 31.0 Å². The molecular formula is C19H26N4O3. The van der Waals surface area contributed by atoms with Crippen molar-refractivity contribution in [2.45, 2.75) is 37.6 Å². The molecule has 1 aromatic carbocycles. The molecule has 1 aliphatic carbocycles. The van der Waals surface area contributed by atoms with Gasteiger partial charge in [-0.25, -0.2) is 4.79 Å². The molecule has 1 saturated carbocycles. The van der Waals surface area contributed by atoms with Gasteiger partial charge >= 0.3 is 6.03 Å². The molecule has 140 valence electrons. The molecule has 0 atom stereocenters. The molecule has 1 heterocycles. The summed E-state index contributed by atoms with van der Waals surface area (Å²) in [5, 5.41) is 5.68. The van der Waals surface area contributed by atoms with Crippen LogP contribution in [-0.4, -0.2) is 55.0 Å². The number of amides is 4. The van der Waals surface area contributed by atoms with Gasteiger partial charge in [0, 0.05) is 38.8 Å². The van der Waals surface area contributed by atoms with Crippen LogP contribution >= 0.6 is 0 Å². The summed E-state index contributed by atoms with van der Waals surface area (Å²) in [6.45, 7) is 1.32. The number of para-hydroxylation sites is 1. The Morgan fingerprint density at radius 2 is 1.92 bits per heavy atom. The van der Waals surface area contributed by atoms with Crippen LogP contribution in [-0.2, 0) is 9.59 Å². The Morgan fingerprint density at radius 1 is 1.23 bits per heavy atom. The van der Waals surface area contributed by atoms with Gasteiger partial charge < -0.3 is 15.5 Å². The fourth-order valence-corrected chi connectivity index (χ4v) is 3.67. The van der Waals surface area contributed by atoms with Crippen molar-refractivity contribution in [2.75, 3.05) is 31.6 Å². The van der Waals surface area contributed by atoms with Crippen molar-refractivity contribution in [1.29, 1.82) is 0 Å². The van der Waals surface area contributed by atoms with Gasteiger partial charge in [-0.05, 0) is 25.0 Å². The lowest BCUT2D eigenvalue weighted by Gasteiger charge is -2.20. The van der Waals surface area contributed by atoms with Crippen LogP contribution in [0, 0.1) is 0 Å². The summed E-state index contributed by atoms with van der Waals surface area (Å²) in [6, 6.07) is 9.56. The Labute approximate surface area is 153 Å². The van der Waals surface area contributed by atoms with Gasteiger partial charge in [0.15, 0.2) is 0 Å². The minimum Gasteiger partial charge on any atom is -0.373 e. The van der Waals surface area contributed by atoms with E-state index in [9.17, 15) is 14.4 Å². The average Bonchev–Trinajstić information content (AvgIpc) is 3.20. The number of anilines is 1. The highest BCUT2D eigenvalue weighted by atomic mass is 16.2. The number of likely N-dealkylation sites (N-methyl/N-ethyl adjacent to an activating group) is 1. The molecular weight excluding hydrogens is 332 g/mol. The first kappa shape index (κ1) is 18.2. The molecule has 1 aromatic rings. The fourth-order valence-electron chi connectivity index (χ4n) is 3.67. The van der Waals surface area contributed by atoms with E-state index in [4.69, 9.17) is 0 Å². The standard InChI is InChI=1S/C19H26N4O3/c1-22(15-7-3-2-4-8-15)14-12-20-16(24)9-13-23-17(25)19(21-18(23)26)10-5-6-11-19/h2-4,7-8H,5-6,9-14H2,1H3,(H,20,24)(H,21,26). The first-order valence-corrected chi connectivity index (χ1v) is 9.19. The van der Waals surface area contributed by atoms with E-state index < -0.39 is 5.54 Å². The lowest BCUT2D eigenvalue weighted by atomic mass is 9.98. The first-order valence-electron chi connectivity index (χ1n) is 9.19. The highest BCUT2D eigenvalue weighted by Gasteiger charge is 2.52. The highest BCUT2D eigenvalue weighted by Crippen LogP contribution is 2.34. The van der Waals surface area contributed by atoms with E-state index in [2.05, 4.69) is 15.5 Å². The summed E-state index contributed by atoms with van der Waals surface area (Å²) in [5.74, 6) is -0.323. The van der Waals surface area contributed by atoms with Gasteiger partial charge in [-0.3, -0.25) is 14.5 Å². The van der Waals surface area contributed by atoms with Crippen molar-refractivity contribution in [1.82, 2.24) is 15.5 Å². The van der Waals surface area contributed by atoms with Gasteiger partial charge in [-0.2, -0.15) is 0 Å². The van der Waals surface area contributed by atoms with E-state index in [1.165, 1.54) is 4.90 Å². The summed E-state index contributed by atoms with van der Waals surface area (Å²) < 4.78 is 0. The number of hydrogen-bond acceptors (Lipinski definition) is 4. The Kier molecular flexibility index (Phi) is 5.44. The number of carbonyl (C=O) groups excluding carboxylic acids is 3. The van der Waals surface area contributed by atoms with E-state index in [1.807, 2.05) is 37.4 Å². The van der Waals surface area contributed by atoms with Crippen LogP contribution in [0.4, 0.5) is 10.5 Å². The minimum atomic E-state index is -0.702. The van der Waals surface area contributed by atoms with Crippen molar-refractivity contribution in [3.63, 3.8) is 0 Å². The quantitative estimate of drug-likeness (QED) is 0.724. The molecule has 0 bridgehead atoms. The van der Waals surface area contributed by atoms with Crippen LogP contribution in [0.2, 0.25) is 0 Å². The molecule has 1 spiro atoms. The summed E-state index contributed by atoms with van der Waals surface area (Å²) in [6.07, 6.45) is 3.44. The number of nitrogens with zero attached hydrogens (tertiary/aromatic N) is 2. The maximum atomic E-state index is 12.5. The maximum absolute atomic E-state index is 12.5. The lowest BCUT2D eigenvalue weighted by molar-refractivity contribution is -0.131. The molecule has 26 heavy (non-hydrogen) atoms. The van der Waals surface area contributed by atoms with E-state index in [0.717, 1.165) is 18.5 Å². The Balaban J connectivity index is 1.40. The Bertz CT molecular complexity index is 671. The van der Waals surface area contributed by atoms with E-state index in [0.29, 0.717) is 25.9 Å². The molecule has 2 fully saturated rings. The lowest BCUT2D eigenvalue weighted by Crippen LogP contribution is -2.44. The van der Waals surface area contributed by atoms with Crippen molar-refractivity contribution in [3.05, 3.63) is 30.3 Å². The zero-order chi connectivity index (χ0) is 18.6. The molecule has 2 aliphatic rings. The molecule has 0 aromatic heterocycles. The van der Waals surface area contributed by atoms with Crippen LogP contribution < -0.4 is 15.5 Å². The van der Waals surface area contributed by atoms with Crippen molar-refractivity contribution in [3.8, 4) is 0 Å². The first-order chi connectivity index (χ1) is 12.5. The number of carbonyl (C=O) groups is 3. The van der Waals surface area contributed by atoms with Crippen molar-refractivity contribution < 1.29 is 14.4 Å². The predicted octanol–water partition coefficient (Wildman–Crippen LogP) is 1.49. The van der Waals surface area contributed by atoms with Gasteiger partial charge in [0.1, 0.15) is 5.54 Å². The molecule has 1 aliphatic heterocycles. The molecule has 7 heteroatoms. The second-order valence-electron chi connectivity index (χ2n) is 7.03. The number of urea groups is 1. The predicted molar refractivity (Wildman–Crippen MR) is 98.8 cm³/mol. The van der Waals surface area contributed by atoms with Crippen molar-refractivity contribution >= 4 is 23.5 Å². The summed E-state index contributed by atoms with van der Waals surface area (Å²) >= 11 is 0. The second-order valence-corrected chi connectivity index (χ2v) is 7.03. The van der Waals surface area contributed by atoms with Gasteiger partial charge in [0.25, 0.3) is 5.91 Å². The number of imide groups is 1. The fraction of sp³-hybridized carbons (Fsp3) is 0.526. The van der Waals surface area contributed by atoms with Crippen LogP contribution in [0.15, 0.2) is 30.3 Å². The molecule has 2 N–H and O–H groups in total. The minimum absolute atomic E-state index is 0.129. The molecule has 7 nitrogen and oxygen atoms in total. The summed E-state index contributed by atoms with van der Waals surface area (Å²) in [7, 11) is 1.97.